The van der Waals surface area contributed by atoms with E-state index in [4.69, 9.17) is 0 Å². The number of benzene rings is 1. The number of aryl methyl sites for hydroxylation is 1. The standard InChI is InChI=1S/C14H22N2O2/c1-4-15-14(11(2)3)10-7-12-5-8-13(9-6-12)16(17)18/h5-6,8-9,11,14-15H,4,7,10H2,1-3H3. The number of rotatable bonds is 7. The second kappa shape index (κ2) is 7.11. The van der Waals surface area contributed by atoms with Crippen molar-refractivity contribution in [2.24, 2.45) is 5.92 Å². The van der Waals surface area contributed by atoms with E-state index in [0.717, 1.165) is 24.9 Å². The average Bonchev–Trinajstić information content (AvgIpc) is 2.34. The van der Waals surface area contributed by atoms with E-state index in [1.165, 1.54) is 0 Å². The van der Waals surface area contributed by atoms with E-state index in [9.17, 15) is 10.1 Å². The maximum Gasteiger partial charge on any atom is 0.269 e. The van der Waals surface area contributed by atoms with Gasteiger partial charge >= 0.3 is 0 Å². The summed E-state index contributed by atoms with van der Waals surface area (Å²) >= 11 is 0. The molecule has 0 aliphatic rings. The smallest absolute Gasteiger partial charge is 0.269 e. The summed E-state index contributed by atoms with van der Waals surface area (Å²) in [7, 11) is 0. The molecule has 0 fully saturated rings. The van der Waals surface area contributed by atoms with Gasteiger partial charge in [-0.3, -0.25) is 10.1 Å². The van der Waals surface area contributed by atoms with Crippen LogP contribution < -0.4 is 5.32 Å². The molecule has 0 bridgehead atoms. The molecule has 1 aromatic rings. The van der Waals surface area contributed by atoms with E-state index >= 15 is 0 Å². The molecule has 0 amide bonds. The Kier molecular flexibility index (Phi) is 5.78. The summed E-state index contributed by atoms with van der Waals surface area (Å²) in [6.07, 6.45) is 2.01. The Labute approximate surface area is 109 Å². The third-order valence-electron chi connectivity index (χ3n) is 3.16. The highest BCUT2D eigenvalue weighted by molar-refractivity contribution is 5.32. The molecule has 0 aliphatic heterocycles. The molecule has 1 atom stereocenters. The molecular formula is C14H22N2O2. The van der Waals surface area contributed by atoms with Gasteiger partial charge in [0.05, 0.1) is 4.92 Å². The summed E-state index contributed by atoms with van der Waals surface area (Å²) in [5.41, 5.74) is 1.31. The predicted octanol–water partition coefficient (Wildman–Crippen LogP) is 3.16. The largest absolute Gasteiger partial charge is 0.314 e. The fourth-order valence-corrected chi connectivity index (χ4v) is 2.04. The molecular weight excluding hydrogens is 228 g/mol. The van der Waals surface area contributed by atoms with Crippen molar-refractivity contribution in [3.8, 4) is 0 Å². The summed E-state index contributed by atoms with van der Waals surface area (Å²) < 4.78 is 0. The molecule has 0 aromatic heterocycles. The van der Waals surface area contributed by atoms with Crippen molar-refractivity contribution in [2.75, 3.05) is 6.54 Å². The van der Waals surface area contributed by atoms with Crippen LogP contribution in [0.1, 0.15) is 32.8 Å². The molecule has 0 saturated carbocycles. The molecule has 0 aliphatic carbocycles. The Hall–Kier alpha value is -1.42. The maximum absolute atomic E-state index is 10.5. The van der Waals surface area contributed by atoms with Crippen molar-refractivity contribution in [1.82, 2.24) is 5.32 Å². The van der Waals surface area contributed by atoms with Gasteiger partial charge in [0.2, 0.25) is 0 Å². The van der Waals surface area contributed by atoms with Gasteiger partial charge in [0.25, 0.3) is 5.69 Å². The third-order valence-corrected chi connectivity index (χ3v) is 3.16. The summed E-state index contributed by atoms with van der Waals surface area (Å²) in [5, 5.41) is 14.0. The zero-order chi connectivity index (χ0) is 13.5. The van der Waals surface area contributed by atoms with Crippen LogP contribution in [0.5, 0.6) is 0 Å². The molecule has 18 heavy (non-hydrogen) atoms. The van der Waals surface area contributed by atoms with Gasteiger partial charge in [0, 0.05) is 18.2 Å². The lowest BCUT2D eigenvalue weighted by atomic mass is 9.96. The van der Waals surface area contributed by atoms with Gasteiger partial charge in [-0.15, -0.1) is 0 Å². The Morgan fingerprint density at radius 3 is 2.33 bits per heavy atom. The van der Waals surface area contributed by atoms with E-state index in [-0.39, 0.29) is 10.6 Å². The van der Waals surface area contributed by atoms with Crippen LogP contribution in [0.4, 0.5) is 5.69 Å². The zero-order valence-electron chi connectivity index (χ0n) is 11.3. The second-order valence-electron chi connectivity index (χ2n) is 4.87. The van der Waals surface area contributed by atoms with Crippen LogP contribution in [-0.4, -0.2) is 17.5 Å². The zero-order valence-corrected chi connectivity index (χ0v) is 11.3. The predicted molar refractivity (Wildman–Crippen MR) is 73.7 cm³/mol. The van der Waals surface area contributed by atoms with E-state index < -0.39 is 0 Å². The number of nitro groups is 1. The van der Waals surface area contributed by atoms with Crippen LogP contribution >= 0.6 is 0 Å². The number of hydrogen-bond donors (Lipinski definition) is 1. The molecule has 0 saturated heterocycles. The van der Waals surface area contributed by atoms with Crippen molar-refractivity contribution in [1.29, 1.82) is 0 Å². The topological polar surface area (TPSA) is 55.2 Å². The number of nitrogens with zero attached hydrogens (tertiary/aromatic N) is 1. The van der Waals surface area contributed by atoms with Crippen LogP contribution in [-0.2, 0) is 6.42 Å². The van der Waals surface area contributed by atoms with Crippen LogP contribution in [0.2, 0.25) is 0 Å². The van der Waals surface area contributed by atoms with Gasteiger partial charge in [-0.05, 0) is 30.9 Å². The van der Waals surface area contributed by atoms with E-state index in [0.29, 0.717) is 12.0 Å². The minimum atomic E-state index is -0.362. The molecule has 0 spiro atoms. The Bertz CT molecular complexity index is 374. The molecule has 4 nitrogen and oxygen atoms in total. The highest BCUT2D eigenvalue weighted by atomic mass is 16.6. The first-order chi connectivity index (χ1) is 8.54. The summed E-state index contributed by atoms with van der Waals surface area (Å²) in [4.78, 5) is 10.2. The molecule has 1 unspecified atom stereocenters. The molecule has 0 heterocycles. The van der Waals surface area contributed by atoms with Crippen molar-refractivity contribution >= 4 is 5.69 Å². The van der Waals surface area contributed by atoms with Crippen molar-refractivity contribution in [3.63, 3.8) is 0 Å². The van der Waals surface area contributed by atoms with Crippen LogP contribution in [0.15, 0.2) is 24.3 Å². The Morgan fingerprint density at radius 2 is 1.89 bits per heavy atom. The van der Waals surface area contributed by atoms with E-state index in [1.54, 1.807) is 12.1 Å². The minimum Gasteiger partial charge on any atom is -0.314 e. The Morgan fingerprint density at radius 1 is 1.28 bits per heavy atom. The first-order valence-electron chi connectivity index (χ1n) is 6.51. The molecule has 0 radical (unpaired) electrons. The average molecular weight is 250 g/mol. The lowest BCUT2D eigenvalue weighted by Crippen LogP contribution is -2.34. The van der Waals surface area contributed by atoms with Gasteiger partial charge in [-0.1, -0.05) is 32.9 Å². The van der Waals surface area contributed by atoms with Crippen molar-refractivity contribution in [3.05, 3.63) is 39.9 Å². The monoisotopic (exact) mass is 250 g/mol. The molecule has 4 heteroatoms. The van der Waals surface area contributed by atoms with E-state index in [1.807, 2.05) is 12.1 Å². The van der Waals surface area contributed by atoms with Crippen LogP contribution in [0, 0.1) is 16.0 Å². The van der Waals surface area contributed by atoms with Crippen LogP contribution in [0.3, 0.4) is 0 Å². The first kappa shape index (κ1) is 14.6. The molecule has 1 rings (SSSR count). The van der Waals surface area contributed by atoms with Crippen LogP contribution in [0.25, 0.3) is 0 Å². The highest BCUT2D eigenvalue weighted by Crippen LogP contribution is 2.15. The number of nitro benzene ring substituents is 1. The highest BCUT2D eigenvalue weighted by Gasteiger charge is 2.12. The van der Waals surface area contributed by atoms with Crippen molar-refractivity contribution in [2.45, 2.75) is 39.7 Å². The van der Waals surface area contributed by atoms with E-state index in [2.05, 4.69) is 26.1 Å². The lowest BCUT2D eigenvalue weighted by Gasteiger charge is -2.21. The van der Waals surface area contributed by atoms with Gasteiger partial charge in [0.1, 0.15) is 0 Å². The summed E-state index contributed by atoms with van der Waals surface area (Å²) in [5.74, 6) is 0.600. The third kappa shape index (κ3) is 4.45. The molecule has 1 aromatic carbocycles. The fraction of sp³-hybridized carbons (Fsp3) is 0.571. The Balaban J connectivity index is 2.54. The summed E-state index contributed by atoms with van der Waals surface area (Å²) in [6.45, 7) is 7.51. The maximum atomic E-state index is 10.5. The first-order valence-corrected chi connectivity index (χ1v) is 6.51. The van der Waals surface area contributed by atoms with Gasteiger partial charge in [0.15, 0.2) is 0 Å². The second-order valence-corrected chi connectivity index (χ2v) is 4.87. The fourth-order valence-electron chi connectivity index (χ4n) is 2.04. The SMILES string of the molecule is CCNC(CCc1ccc([N+](=O)[O-])cc1)C(C)C. The molecule has 100 valence electrons. The van der Waals surface area contributed by atoms with Crippen molar-refractivity contribution < 1.29 is 4.92 Å². The quantitative estimate of drug-likeness (QED) is 0.597. The van der Waals surface area contributed by atoms with Gasteiger partial charge in [-0.25, -0.2) is 0 Å². The minimum absolute atomic E-state index is 0.158. The number of nitrogens with one attached hydrogen (secondary N) is 1. The number of hydrogen-bond acceptors (Lipinski definition) is 3. The van der Waals surface area contributed by atoms with Gasteiger partial charge < -0.3 is 5.32 Å². The van der Waals surface area contributed by atoms with Gasteiger partial charge in [-0.2, -0.15) is 0 Å². The normalized spacial score (nSPS) is 12.7. The molecule has 1 N–H and O–H groups in total. The number of non-ortho nitro benzene ring substituents is 1. The summed E-state index contributed by atoms with van der Waals surface area (Å²) in [6, 6.07) is 7.35. The lowest BCUT2D eigenvalue weighted by molar-refractivity contribution is -0.384.